The Bertz CT molecular complexity index is 1220. The van der Waals surface area contributed by atoms with Gasteiger partial charge in [0.25, 0.3) is 0 Å². The van der Waals surface area contributed by atoms with Gasteiger partial charge in [0.1, 0.15) is 29.5 Å². The molecule has 0 aliphatic carbocycles. The lowest BCUT2D eigenvalue weighted by Crippen LogP contribution is -2.60. The van der Waals surface area contributed by atoms with Crippen LogP contribution in [0.1, 0.15) is 94.9 Å². The first-order valence-electron chi connectivity index (χ1n) is 18.7. The van der Waals surface area contributed by atoms with Gasteiger partial charge in [-0.1, -0.05) is 20.8 Å². The fraction of sp³-hybridized carbons (Fsp3) is 0.946. The maximum Gasteiger partial charge on any atom is 0.311 e. The number of fused-ring (bicyclic) bond motifs is 2. The van der Waals surface area contributed by atoms with Crippen LogP contribution in [0.3, 0.4) is 0 Å². The molecule has 0 aromatic rings. The summed E-state index contributed by atoms with van der Waals surface area (Å²) in [5.41, 5.74) is -3.87. The zero-order valence-electron chi connectivity index (χ0n) is 32.9. The molecule has 51 heavy (non-hydrogen) atoms. The Morgan fingerprint density at radius 2 is 1.71 bits per heavy atom. The smallest absolute Gasteiger partial charge is 0.311 e. The van der Waals surface area contributed by atoms with Crippen LogP contribution in [0.4, 0.5) is 0 Å². The summed E-state index contributed by atoms with van der Waals surface area (Å²) in [4.78, 5) is 21.1. The van der Waals surface area contributed by atoms with Gasteiger partial charge in [-0.15, -0.1) is 0 Å². The number of aliphatic hydroxyl groups is 4. The molecule has 4 aliphatic rings. The van der Waals surface area contributed by atoms with Gasteiger partial charge in [0, 0.05) is 37.8 Å². The molecule has 0 aromatic carbocycles. The fourth-order valence-electron chi connectivity index (χ4n) is 8.61. The average molecular weight is 731 g/mol. The average Bonchev–Trinajstić information content (AvgIpc) is 3.35. The van der Waals surface area contributed by atoms with E-state index in [1.807, 2.05) is 46.7 Å². The highest BCUT2D eigenvalue weighted by molar-refractivity contribution is 5.81. The van der Waals surface area contributed by atoms with Crippen molar-refractivity contribution in [2.45, 2.75) is 185 Å². The van der Waals surface area contributed by atoms with Crippen LogP contribution in [0.15, 0.2) is 4.99 Å². The zero-order chi connectivity index (χ0) is 38.4. The van der Waals surface area contributed by atoms with Crippen molar-refractivity contribution in [1.82, 2.24) is 4.90 Å². The molecule has 14 nitrogen and oxygen atoms in total. The number of esters is 1. The summed E-state index contributed by atoms with van der Waals surface area (Å²) >= 11 is 0. The Hall–Kier alpha value is -1.46. The maximum atomic E-state index is 14.3. The molecule has 18 atom stereocenters. The number of hydrogen-bond acceptors (Lipinski definition) is 14. The third-order valence-electron chi connectivity index (χ3n) is 11.9. The topological polar surface area (TPSA) is 178 Å². The molecule has 4 unspecified atom stereocenters. The lowest BCUT2D eigenvalue weighted by molar-refractivity contribution is -0.315. The molecule has 0 amide bonds. The van der Waals surface area contributed by atoms with E-state index in [0.717, 1.165) is 0 Å². The molecule has 0 spiro atoms. The number of ether oxygens (including phenoxy) is 7. The SMILES string of the molecule is CC[C@@H](O)[C@@](C)(O)C1OC(=O)[C@H](C)[C@@H](O[C@H]2C[C@](C)(OC)[C@@H](O)C(C)O2)[C@H](C)[C@@H](O[C@@H]2OC(C)C[C@@H](N(C)C)C2O)[C@@]2(C)C[C@@H](C)/C(=N\[C@@H]1C)O2. The van der Waals surface area contributed by atoms with Gasteiger partial charge in [-0.25, -0.2) is 4.99 Å². The van der Waals surface area contributed by atoms with Gasteiger partial charge in [-0.2, -0.15) is 0 Å². The van der Waals surface area contributed by atoms with Crippen LogP contribution in [0.2, 0.25) is 0 Å². The van der Waals surface area contributed by atoms with E-state index < -0.39 is 96.0 Å². The Kier molecular flexibility index (Phi) is 13.4. The summed E-state index contributed by atoms with van der Waals surface area (Å²) in [7, 11) is 5.34. The molecule has 0 saturated carbocycles. The monoisotopic (exact) mass is 730 g/mol. The Labute approximate surface area is 304 Å². The van der Waals surface area contributed by atoms with E-state index in [-0.39, 0.29) is 30.9 Å². The van der Waals surface area contributed by atoms with Crippen molar-refractivity contribution in [3.8, 4) is 0 Å². The number of cyclic esters (lactones) is 1. The number of carbonyl (C=O) groups is 1. The van der Waals surface area contributed by atoms with Crippen molar-refractivity contribution < 1.29 is 58.4 Å². The number of methoxy groups -OCH3 is 1. The molecule has 4 rings (SSSR count). The van der Waals surface area contributed by atoms with Gasteiger partial charge in [-0.3, -0.25) is 4.79 Å². The van der Waals surface area contributed by atoms with Crippen LogP contribution in [0.5, 0.6) is 0 Å². The van der Waals surface area contributed by atoms with Crippen molar-refractivity contribution in [2.75, 3.05) is 21.2 Å². The van der Waals surface area contributed by atoms with Crippen LogP contribution < -0.4 is 0 Å². The Balaban J connectivity index is 1.84. The van der Waals surface area contributed by atoms with E-state index in [2.05, 4.69) is 0 Å². The van der Waals surface area contributed by atoms with Crippen LogP contribution in [-0.4, -0.2) is 149 Å². The number of nitrogens with zero attached hydrogens (tertiary/aromatic N) is 2. The second-order valence-electron chi connectivity index (χ2n) is 16.5. The van der Waals surface area contributed by atoms with Crippen molar-refractivity contribution in [3.05, 3.63) is 0 Å². The number of aliphatic imine (C=N–C) groups is 1. The summed E-state index contributed by atoms with van der Waals surface area (Å²) in [6.07, 6.45) is -7.39. The van der Waals surface area contributed by atoms with Crippen LogP contribution in [0, 0.1) is 17.8 Å². The third kappa shape index (κ3) is 8.60. The Morgan fingerprint density at radius 1 is 1.06 bits per heavy atom. The van der Waals surface area contributed by atoms with Crippen molar-refractivity contribution in [1.29, 1.82) is 0 Å². The van der Waals surface area contributed by atoms with Crippen LogP contribution in [-0.2, 0) is 38.0 Å². The van der Waals surface area contributed by atoms with E-state index in [1.54, 1.807) is 34.6 Å². The predicted octanol–water partition coefficient (Wildman–Crippen LogP) is 2.41. The van der Waals surface area contributed by atoms with Crippen molar-refractivity contribution in [3.63, 3.8) is 0 Å². The van der Waals surface area contributed by atoms with Gasteiger partial charge >= 0.3 is 5.97 Å². The Morgan fingerprint density at radius 3 is 2.29 bits per heavy atom. The van der Waals surface area contributed by atoms with E-state index in [0.29, 0.717) is 18.7 Å². The normalized spacial score (nSPS) is 48.4. The summed E-state index contributed by atoms with van der Waals surface area (Å²) in [6, 6.07) is -1.03. The fourth-order valence-corrected chi connectivity index (χ4v) is 8.61. The minimum atomic E-state index is -1.84. The highest BCUT2D eigenvalue weighted by Crippen LogP contribution is 2.44. The molecule has 14 heteroatoms. The predicted molar refractivity (Wildman–Crippen MR) is 188 cm³/mol. The molecule has 3 fully saturated rings. The molecular weight excluding hydrogens is 664 g/mol. The van der Waals surface area contributed by atoms with Crippen molar-refractivity contribution in [2.24, 2.45) is 22.7 Å². The van der Waals surface area contributed by atoms with E-state index in [1.165, 1.54) is 14.0 Å². The molecule has 0 radical (unpaired) electrons. The largest absolute Gasteiger partial charge is 0.472 e. The lowest BCUT2D eigenvalue weighted by Gasteiger charge is -2.48. The quantitative estimate of drug-likeness (QED) is 0.255. The molecule has 4 N–H and O–H groups in total. The molecular formula is C37H66N2O12. The first kappa shape index (κ1) is 42.3. The van der Waals surface area contributed by atoms with Gasteiger partial charge < -0.3 is 58.5 Å². The van der Waals surface area contributed by atoms with Gasteiger partial charge in [0.05, 0.1) is 42.0 Å². The summed E-state index contributed by atoms with van der Waals surface area (Å²) < 4.78 is 44.6. The van der Waals surface area contributed by atoms with E-state index in [9.17, 15) is 25.2 Å². The third-order valence-corrected chi connectivity index (χ3v) is 11.9. The number of hydrogen-bond donors (Lipinski definition) is 4. The van der Waals surface area contributed by atoms with Crippen LogP contribution in [0.25, 0.3) is 0 Å². The second kappa shape index (κ2) is 16.1. The highest BCUT2D eigenvalue weighted by Gasteiger charge is 2.56. The molecule has 296 valence electrons. The summed E-state index contributed by atoms with van der Waals surface area (Å²) in [5, 5.41) is 45.0. The van der Waals surface area contributed by atoms with Gasteiger partial charge in [0.2, 0.25) is 0 Å². The number of aliphatic hydroxyl groups excluding tert-OH is 3. The molecule has 4 aliphatic heterocycles. The highest BCUT2D eigenvalue weighted by atomic mass is 16.7. The van der Waals surface area contributed by atoms with Crippen LogP contribution >= 0.6 is 0 Å². The summed E-state index contributed by atoms with van der Waals surface area (Å²) in [5.74, 6) is -2.05. The first-order chi connectivity index (χ1) is 23.6. The molecule has 3 saturated heterocycles. The standard InChI is InChI=1S/C37H66N2O12/c1-14-25(40)37(10,44)31-22(6)38-32-18(2)16-36(9,51-32)30(50-34-27(41)24(39(11)12)15-19(3)46-34)20(4)28(21(5)33(43)49-31)48-26-17-35(8,45-13)29(42)23(7)47-26/h18-31,34,40-42,44H,14-17H2,1-13H3/b38-32+/t18-,19?,20+,21-,22-,23?,24-,25-,26+,27?,28+,29+,30-,31?,34+,35+,36-,37-/m1/s1. The second-order valence-corrected chi connectivity index (χ2v) is 16.5. The number of rotatable bonds is 9. The molecule has 2 bridgehead atoms. The zero-order valence-corrected chi connectivity index (χ0v) is 32.9. The van der Waals surface area contributed by atoms with Gasteiger partial charge in [-0.05, 0) is 75.4 Å². The number of carbonyl (C=O) groups excluding carboxylic acids is 1. The van der Waals surface area contributed by atoms with Crippen molar-refractivity contribution >= 4 is 11.9 Å². The van der Waals surface area contributed by atoms with E-state index in [4.69, 9.17) is 38.2 Å². The molecule has 4 heterocycles. The first-order valence-corrected chi connectivity index (χ1v) is 18.7. The van der Waals surface area contributed by atoms with E-state index >= 15 is 0 Å². The molecule has 0 aromatic heterocycles. The lowest BCUT2D eigenvalue weighted by atomic mass is 9.79. The summed E-state index contributed by atoms with van der Waals surface area (Å²) in [6.45, 7) is 17.9. The maximum absolute atomic E-state index is 14.3. The number of likely N-dealkylation sites (N-methyl/N-ethyl adjacent to an activating group) is 1. The minimum absolute atomic E-state index is 0.163. The van der Waals surface area contributed by atoms with Gasteiger partial charge in [0.15, 0.2) is 24.6 Å². The minimum Gasteiger partial charge on any atom is -0.472 e.